The number of carbonyl (C=O) groups is 3. The van der Waals surface area contributed by atoms with Gasteiger partial charge in [0, 0.05) is 19.3 Å². The predicted octanol–water partition coefficient (Wildman–Crippen LogP) is 23.8. The van der Waals surface area contributed by atoms with Crippen LogP contribution in [0, 0.1) is 0 Å². The lowest BCUT2D eigenvalue weighted by Crippen LogP contribution is -2.30. The van der Waals surface area contributed by atoms with E-state index in [9.17, 15) is 14.4 Å². The van der Waals surface area contributed by atoms with E-state index in [1.54, 1.807) is 0 Å². The molecule has 0 amide bonds. The van der Waals surface area contributed by atoms with Gasteiger partial charge in [0.2, 0.25) is 0 Å². The quantitative estimate of drug-likeness (QED) is 0.0261. The molecule has 0 aliphatic carbocycles. The standard InChI is InChI=1S/C75H128O6/c1-4-7-10-13-16-19-22-25-28-31-33-35-37-39-41-44-47-50-53-56-59-62-65-68-74(77)80-71-72(70-79-73(76)67-64-61-58-55-52-49-46-43-30-27-24-21-18-15-12-9-6-3)81-75(78)69-66-63-60-57-54-51-48-45-42-40-38-36-34-32-29-26-23-20-17-14-11-8-5-2/h7,9-10,12,16,18-19,21,25,27-28,30,32-35,39,41,72H,4-6,8,11,13-15,17,20,22-24,26,29,31,36-38,40,42-71H2,1-3H3/b10-7-,12-9-,19-16-,21-18-,28-25-,30-27-,34-32-,35-33-,41-39-. The number of unbranched alkanes of at least 4 members (excludes halogenated alkanes) is 33. The average molecular weight is 1130 g/mol. The summed E-state index contributed by atoms with van der Waals surface area (Å²) in [5, 5.41) is 0. The number of rotatable bonds is 62. The van der Waals surface area contributed by atoms with E-state index in [1.807, 2.05) is 0 Å². The molecule has 0 heterocycles. The van der Waals surface area contributed by atoms with Gasteiger partial charge in [-0.1, -0.05) is 297 Å². The lowest BCUT2D eigenvalue weighted by Gasteiger charge is -2.18. The molecule has 0 aliphatic heterocycles. The monoisotopic (exact) mass is 1120 g/mol. The molecule has 0 N–H and O–H groups in total. The fraction of sp³-hybridized carbons (Fsp3) is 0.720. The van der Waals surface area contributed by atoms with Crippen LogP contribution in [0.1, 0.15) is 329 Å². The van der Waals surface area contributed by atoms with Gasteiger partial charge in [0.15, 0.2) is 6.10 Å². The summed E-state index contributed by atoms with van der Waals surface area (Å²) in [6, 6.07) is 0. The van der Waals surface area contributed by atoms with Gasteiger partial charge in [0.05, 0.1) is 0 Å². The van der Waals surface area contributed by atoms with Crippen molar-refractivity contribution in [3.8, 4) is 0 Å². The zero-order valence-corrected chi connectivity index (χ0v) is 53.3. The van der Waals surface area contributed by atoms with Crippen LogP contribution in [-0.2, 0) is 28.6 Å². The maximum absolute atomic E-state index is 13.0. The Kier molecular flexibility index (Phi) is 65.2. The summed E-state index contributed by atoms with van der Waals surface area (Å²) in [4.78, 5) is 38.5. The highest BCUT2D eigenvalue weighted by atomic mass is 16.6. The van der Waals surface area contributed by atoms with Crippen LogP contribution in [0.25, 0.3) is 0 Å². The van der Waals surface area contributed by atoms with Crippen LogP contribution in [0.3, 0.4) is 0 Å². The number of hydrogen-bond acceptors (Lipinski definition) is 6. The van der Waals surface area contributed by atoms with E-state index in [4.69, 9.17) is 14.2 Å². The maximum Gasteiger partial charge on any atom is 0.306 e. The molecule has 0 fully saturated rings. The van der Waals surface area contributed by atoms with Crippen molar-refractivity contribution < 1.29 is 28.6 Å². The predicted molar refractivity (Wildman–Crippen MR) is 353 cm³/mol. The van der Waals surface area contributed by atoms with Crippen molar-refractivity contribution in [3.63, 3.8) is 0 Å². The molecule has 6 heteroatoms. The summed E-state index contributed by atoms with van der Waals surface area (Å²) in [6.07, 6.45) is 93.9. The second-order valence-corrected chi connectivity index (χ2v) is 22.7. The molecule has 0 rings (SSSR count). The van der Waals surface area contributed by atoms with Crippen LogP contribution in [-0.4, -0.2) is 37.2 Å². The Bertz CT molecular complexity index is 1620. The van der Waals surface area contributed by atoms with Crippen LogP contribution < -0.4 is 0 Å². The molecule has 0 bridgehead atoms. The molecule has 0 spiro atoms. The van der Waals surface area contributed by atoms with Gasteiger partial charge in [0.25, 0.3) is 0 Å². The molecule has 464 valence electrons. The molecule has 0 saturated carbocycles. The molecule has 0 aromatic heterocycles. The van der Waals surface area contributed by atoms with E-state index >= 15 is 0 Å². The van der Waals surface area contributed by atoms with Crippen molar-refractivity contribution in [1.82, 2.24) is 0 Å². The first-order valence-corrected chi connectivity index (χ1v) is 34.4. The van der Waals surface area contributed by atoms with E-state index in [1.165, 1.54) is 167 Å². The second kappa shape index (κ2) is 68.6. The first-order chi connectivity index (χ1) is 40.0. The summed E-state index contributed by atoms with van der Waals surface area (Å²) in [6.45, 7) is 6.43. The van der Waals surface area contributed by atoms with Gasteiger partial charge >= 0.3 is 17.9 Å². The maximum atomic E-state index is 13.0. The largest absolute Gasteiger partial charge is 0.462 e. The third-order valence-electron chi connectivity index (χ3n) is 14.7. The molecular formula is C75H128O6. The number of ether oxygens (including phenoxy) is 3. The van der Waals surface area contributed by atoms with Crippen molar-refractivity contribution in [1.29, 1.82) is 0 Å². The Morgan fingerprint density at radius 2 is 0.481 bits per heavy atom. The number of esters is 3. The van der Waals surface area contributed by atoms with Crippen molar-refractivity contribution in [2.45, 2.75) is 335 Å². The highest BCUT2D eigenvalue weighted by Crippen LogP contribution is 2.17. The van der Waals surface area contributed by atoms with E-state index in [0.29, 0.717) is 19.3 Å². The second-order valence-electron chi connectivity index (χ2n) is 22.7. The van der Waals surface area contributed by atoms with Crippen molar-refractivity contribution in [3.05, 3.63) is 109 Å². The molecule has 6 nitrogen and oxygen atoms in total. The van der Waals surface area contributed by atoms with Gasteiger partial charge in [0.1, 0.15) is 13.2 Å². The summed E-state index contributed by atoms with van der Waals surface area (Å²) in [5.41, 5.74) is 0. The van der Waals surface area contributed by atoms with E-state index in [2.05, 4.69) is 130 Å². The minimum Gasteiger partial charge on any atom is -0.462 e. The van der Waals surface area contributed by atoms with Crippen molar-refractivity contribution >= 4 is 17.9 Å². The highest BCUT2D eigenvalue weighted by Gasteiger charge is 2.19. The minimum atomic E-state index is -0.791. The zero-order valence-electron chi connectivity index (χ0n) is 53.3. The van der Waals surface area contributed by atoms with Gasteiger partial charge < -0.3 is 14.2 Å². The van der Waals surface area contributed by atoms with Crippen molar-refractivity contribution in [2.75, 3.05) is 13.2 Å². The molecule has 0 radical (unpaired) electrons. The van der Waals surface area contributed by atoms with Gasteiger partial charge in [-0.25, -0.2) is 0 Å². The first kappa shape index (κ1) is 77.1. The smallest absolute Gasteiger partial charge is 0.306 e. The van der Waals surface area contributed by atoms with Gasteiger partial charge in [-0.2, -0.15) is 0 Å². The molecule has 0 aromatic carbocycles. The lowest BCUT2D eigenvalue weighted by molar-refractivity contribution is -0.167. The molecular weight excluding hydrogens is 997 g/mol. The third-order valence-corrected chi connectivity index (χ3v) is 14.7. The number of allylic oxidation sites excluding steroid dienone is 18. The zero-order chi connectivity index (χ0) is 58.5. The average Bonchev–Trinajstić information content (AvgIpc) is 3.47. The van der Waals surface area contributed by atoms with Gasteiger partial charge in [-0.3, -0.25) is 14.4 Å². The molecule has 1 unspecified atom stereocenters. The van der Waals surface area contributed by atoms with Crippen LogP contribution in [0.2, 0.25) is 0 Å². The molecule has 81 heavy (non-hydrogen) atoms. The third kappa shape index (κ3) is 66.8. The summed E-state index contributed by atoms with van der Waals surface area (Å²) in [7, 11) is 0. The number of carbonyl (C=O) groups excluding carboxylic acids is 3. The Balaban J connectivity index is 4.40. The highest BCUT2D eigenvalue weighted by molar-refractivity contribution is 5.71. The summed E-state index contributed by atoms with van der Waals surface area (Å²) < 4.78 is 17.0. The Labute approximate surface area is 501 Å². The molecule has 0 aliphatic rings. The fourth-order valence-corrected chi connectivity index (χ4v) is 9.66. The SMILES string of the molecule is CC/C=C\C/C=C\C/C=C\C/C=C\C/C=C\CCCCCCCCCC(=O)OCC(COC(=O)CCCCCCCCC/C=C\C/C=C\C/C=C\CC)OC(=O)CCCCCCCCCCCCC/C=C\CCCCCCCCCC. The van der Waals surface area contributed by atoms with E-state index in [-0.39, 0.29) is 31.1 Å². The van der Waals surface area contributed by atoms with Crippen molar-refractivity contribution in [2.24, 2.45) is 0 Å². The Hall–Kier alpha value is -3.93. The fourth-order valence-electron chi connectivity index (χ4n) is 9.66. The van der Waals surface area contributed by atoms with Gasteiger partial charge in [-0.15, -0.1) is 0 Å². The van der Waals surface area contributed by atoms with Crippen LogP contribution in [0.15, 0.2) is 109 Å². The number of hydrogen-bond donors (Lipinski definition) is 0. The summed E-state index contributed by atoms with van der Waals surface area (Å²) in [5.74, 6) is -0.895. The molecule has 0 aromatic rings. The minimum absolute atomic E-state index is 0.0869. The van der Waals surface area contributed by atoms with Crippen LogP contribution in [0.5, 0.6) is 0 Å². The molecule has 1 atom stereocenters. The topological polar surface area (TPSA) is 78.9 Å². The molecule has 0 saturated heterocycles. The van der Waals surface area contributed by atoms with E-state index < -0.39 is 6.10 Å². The van der Waals surface area contributed by atoms with Crippen LogP contribution >= 0.6 is 0 Å². The van der Waals surface area contributed by atoms with Gasteiger partial charge in [-0.05, 0) is 122 Å². The van der Waals surface area contributed by atoms with Crippen LogP contribution in [0.4, 0.5) is 0 Å². The Morgan fingerprint density at radius 3 is 0.765 bits per heavy atom. The Morgan fingerprint density at radius 1 is 0.259 bits per heavy atom. The summed E-state index contributed by atoms with van der Waals surface area (Å²) >= 11 is 0. The van der Waals surface area contributed by atoms with E-state index in [0.717, 1.165) is 122 Å². The normalized spacial score (nSPS) is 12.8. The first-order valence-electron chi connectivity index (χ1n) is 34.4. The lowest BCUT2D eigenvalue weighted by atomic mass is 10.0.